The molecular formula is C9H8ClF2NO2. The number of alkyl halides is 2. The van der Waals surface area contributed by atoms with Crippen molar-refractivity contribution >= 4 is 17.6 Å². The molecule has 0 saturated carbocycles. The van der Waals surface area contributed by atoms with Crippen LogP contribution in [0.4, 0.5) is 8.78 Å². The fraction of sp³-hybridized carbons (Fsp3) is 0.333. The quantitative estimate of drug-likeness (QED) is 0.740. The number of carbonyl (C=O) groups excluding carboxylic acids is 1. The van der Waals surface area contributed by atoms with Crippen LogP contribution < -0.4 is 0 Å². The molecule has 0 atom stereocenters. The standard InChI is InChI=1S/C9H8ClF2NO2/c1-4-7(9(14)15-2)5(10)3-6(13-4)8(11)12/h3,8H,1-2H3. The maximum Gasteiger partial charge on any atom is 0.341 e. The molecule has 15 heavy (non-hydrogen) atoms. The number of halogens is 3. The van der Waals surface area contributed by atoms with Gasteiger partial charge >= 0.3 is 5.97 Å². The zero-order valence-electron chi connectivity index (χ0n) is 8.05. The molecule has 0 amide bonds. The van der Waals surface area contributed by atoms with E-state index in [1.54, 1.807) is 0 Å². The van der Waals surface area contributed by atoms with Crippen LogP contribution in [0.25, 0.3) is 0 Å². The van der Waals surface area contributed by atoms with E-state index in [1.807, 2.05) is 0 Å². The maximum atomic E-state index is 12.3. The zero-order chi connectivity index (χ0) is 11.6. The van der Waals surface area contributed by atoms with Crippen LogP contribution in [0.3, 0.4) is 0 Å². The second-order valence-electron chi connectivity index (χ2n) is 2.78. The summed E-state index contributed by atoms with van der Waals surface area (Å²) < 4.78 is 29.1. The van der Waals surface area contributed by atoms with E-state index in [9.17, 15) is 13.6 Å². The number of carbonyl (C=O) groups is 1. The molecule has 0 radical (unpaired) electrons. The van der Waals surface area contributed by atoms with Gasteiger partial charge in [0, 0.05) is 0 Å². The number of methoxy groups -OCH3 is 1. The topological polar surface area (TPSA) is 39.2 Å². The first kappa shape index (κ1) is 11.8. The van der Waals surface area contributed by atoms with E-state index >= 15 is 0 Å². The zero-order valence-corrected chi connectivity index (χ0v) is 8.81. The van der Waals surface area contributed by atoms with Crippen molar-refractivity contribution in [1.29, 1.82) is 0 Å². The number of hydrogen-bond donors (Lipinski definition) is 0. The lowest BCUT2D eigenvalue weighted by Crippen LogP contribution is -2.08. The summed E-state index contributed by atoms with van der Waals surface area (Å²) in [5.74, 6) is -0.689. The number of aryl methyl sites for hydroxylation is 1. The number of esters is 1. The Kier molecular flexibility index (Phi) is 3.57. The van der Waals surface area contributed by atoms with Gasteiger partial charge in [-0.25, -0.2) is 13.6 Å². The van der Waals surface area contributed by atoms with Crippen molar-refractivity contribution in [3.05, 3.63) is 28.0 Å². The SMILES string of the molecule is COC(=O)c1c(Cl)cc(C(F)F)nc1C. The Morgan fingerprint density at radius 1 is 1.60 bits per heavy atom. The number of pyridine rings is 1. The van der Waals surface area contributed by atoms with E-state index in [4.69, 9.17) is 11.6 Å². The Balaban J connectivity index is 3.27. The Labute approximate surface area is 90.0 Å². The normalized spacial score (nSPS) is 10.5. The van der Waals surface area contributed by atoms with Crippen molar-refractivity contribution in [2.24, 2.45) is 0 Å². The van der Waals surface area contributed by atoms with Gasteiger partial charge in [-0.3, -0.25) is 4.98 Å². The molecule has 1 rings (SSSR count). The highest BCUT2D eigenvalue weighted by molar-refractivity contribution is 6.33. The Hall–Kier alpha value is -1.23. The van der Waals surface area contributed by atoms with Crippen LogP contribution in [0.1, 0.15) is 28.2 Å². The average molecular weight is 236 g/mol. The van der Waals surface area contributed by atoms with Crippen LogP contribution in [-0.4, -0.2) is 18.1 Å². The van der Waals surface area contributed by atoms with Crippen molar-refractivity contribution in [1.82, 2.24) is 4.98 Å². The number of ether oxygens (including phenoxy) is 1. The van der Waals surface area contributed by atoms with E-state index in [0.29, 0.717) is 0 Å². The molecule has 0 unspecified atom stereocenters. The van der Waals surface area contributed by atoms with Crippen molar-refractivity contribution in [3.63, 3.8) is 0 Å². The van der Waals surface area contributed by atoms with E-state index < -0.39 is 18.1 Å². The van der Waals surface area contributed by atoms with Crippen molar-refractivity contribution in [3.8, 4) is 0 Å². The smallest absolute Gasteiger partial charge is 0.341 e. The van der Waals surface area contributed by atoms with E-state index in [1.165, 1.54) is 14.0 Å². The molecule has 6 heteroatoms. The molecule has 0 aliphatic heterocycles. The van der Waals surface area contributed by atoms with Crippen LogP contribution in [0, 0.1) is 6.92 Å². The summed E-state index contributed by atoms with van der Waals surface area (Å²) in [5, 5.41) is -0.0790. The van der Waals surface area contributed by atoms with Gasteiger partial charge < -0.3 is 4.74 Å². The summed E-state index contributed by atoms with van der Waals surface area (Å²) in [5.41, 5.74) is -0.307. The molecule has 1 aromatic rings. The van der Waals surface area contributed by atoms with Gasteiger partial charge in [0.05, 0.1) is 23.4 Å². The van der Waals surface area contributed by atoms with Gasteiger partial charge in [0.1, 0.15) is 5.69 Å². The molecule has 0 fully saturated rings. The Morgan fingerprint density at radius 2 is 2.20 bits per heavy atom. The lowest BCUT2D eigenvalue weighted by atomic mass is 10.2. The van der Waals surface area contributed by atoms with E-state index in [-0.39, 0.29) is 16.3 Å². The number of hydrogen-bond acceptors (Lipinski definition) is 3. The third-order valence-corrected chi connectivity index (χ3v) is 2.08. The molecule has 0 N–H and O–H groups in total. The summed E-state index contributed by atoms with van der Waals surface area (Å²) >= 11 is 5.68. The van der Waals surface area contributed by atoms with Gasteiger partial charge in [0.15, 0.2) is 0 Å². The van der Waals surface area contributed by atoms with Crippen LogP contribution in [-0.2, 0) is 4.74 Å². The predicted molar refractivity (Wildman–Crippen MR) is 50.3 cm³/mol. The first-order chi connectivity index (χ1) is 6.97. The predicted octanol–water partition coefficient (Wildman–Crippen LogP) is 2.77. The van der Waals surface area contributed by atoms with Crippen molar-refractivity contribution in [2.75, 3.05) is 7.11 Å². The third-order valence-electron chi connectivity index (χ3n) is 1.79. The Morgan fingerprint density at radius 3 is 2.60 bits per heavy atom. The molecule has 0 bridgehead atoms. The second kappa shape index (κ2) is 4.53. The monoisotopic (exact) mass is 235 g/mol. The second-order valence-corrected chi connectivity index (χ2v) is 3.19. The van der Waals surface area contributed by atoms with Gasteiger partial charge in [-0.05, 0) is 13.0 Å². The van der Waals surface area contributed by atoms with Crippen LogP contribution in [0.2, 0.25) is 5.02 Å². The van der Waals surface area contributed by atoms with Crippen LogP contribution >= 0.6 is 11.6 Å². The molecule has 82 valence electrons. The number of rotatable bonds is 2. The van der Waals surface area contributed by atoms with Gasteiger partial charge in [-0.1, -0.05) is 11.6 Å². The lowest BCUT2D eigenvalue weighted by molar-refractivity contribution is 0.0599. The minimum absolute atomic E-state index is 0.0172. The van der Waals surface area contributed by atoms with Crippen LogP contribution in [0.5, 0.6) is 0 Å². The van der Waals surface area contributed by atoms with Crippen LogP contribution in [0.15, 0.2) is 6.07 Å². The number of aromatic nitrogens is 1. The molecule has 0 aromatic carbocycles. The van der Waals surface area contributed by atoms with E-state index in [0.717, 1.165) is 6.07 Å². The molecule has 0 saturated heterocycles. The molecule has 3 nitrogen and oxygen atoms in total. The minimum Gasteiger partial charge on any atom is -0.465 e. The van der Waals surface area contributed by atoms with Gasteiger partial charge in [-0.15, -0.1) is 0 Å². The van der Waals surface area contributed by atoms with Crippen molar-refractivity contribution < 1.29 is 18.3 Å². The molecule has 0 spiro atoms. The van der Waals surface area contributed by atoms with Crippen molar-refractivity contribution in [2.45, 2.75) is 13.3 Å². The summed E-state index contributed by atoms with van der Waals surface area (Å²) in [6.07, 6.45) is -2.71. The summed E-state index contributed by atoms with van der Waals surface area (Å²) in [6.45, 7) is 1.42. The third kappa shape index (κ3) is 2.41. The molecule has 1 aromatic heterocycles. The van der Waals surface area contributed by atoms with Gasteiger partial charge in [0.25, 0.3) is 6.43 Å². The largest absolute Gasteiger partial charge is 0.465 e. The first-order valence-electron chi connectivity index (χ1n) is 4.01. The highest BCUT2D eigenvalue weighted by atomic mass is 35.5. The molecule has 0 aliphatic rings. The maximum absolute atomic E-state index is 12.3. The molecule has 0 aliphatic carbocycles. The highest BCUT2D eigenvalue weighted by Gasteiger charge is 2.19. The summed E-state index contributed by atoms with van der Waals surface area (Å²) in [4.78, 5) is 14.8. The lowest BCUT2D eigenvalue weighted by Gasteiger charge is -2.07. The summed E-state index contributed by atoms with van der Waals surface area (Å²) in [6, 6.07) is 0.964. The van der Waals surface area contributed by atoms with Gasteiger partial charge in [-0.2, -0.15) is 0 Å². The number of nitrogens with zero attached hydrogens (tertiary/aromatic N) is 1. The summed E-state index contributed by atoms with van der Waals surface area (Å²) in [7, 11) is 1.18. The highest BCUT2D eigenvalue weighted by Crippen LogP contribution is 2.25. The Bertz CT molecular complexity index is 373. The average Bonchev–Trinajstić information content (AvgIpc) is 2.16. The fourth-order valence-electron chi connectivity index (χ4n) is 1.12. The first-order valence-corrected chi connectivity index (χ1v) is 4.38. The fourth-order valence-corrected chi connectivity index (χ4v) is 1.44. The van der Waals surface area contributed by atoms with E-state index in [2.05, 4.69) is 9.72 Å². The molecular weight excluding hydrogens is 228 g/mol. The minimum atomic E-state index is -2.71. The van der Waals surface area contributed by atoms with Gasteiger partial charge in [0.2, 0.25) is 0 Å². The molecule has 1 heterocycles.